The van der Waals surface area contributed by atoms with Crippen LogP contribution in [0, 0.1) is 5.82 Å². The topological polar surface area (TPSA) is 35.6 Å². The third-order valence-corrected chi connectivity index (χ3v) is 3.55. The first-order chi connectivity index (χ1) is 9.70. The van der Waals surface area contributed by atoms with Gasteiger partial charge in [-0.15, -0.1) is 0 Å². The summed E-state index contributed by atoms with van der Waals surface area (Å²) >= 11 is 0. The van der Waals surface area contributed by atoms with Crippen LogP contribution in [-0.2, 0) is 4.79 Å². The number of hydrogen-bond acceptors (Lipinski definition) is 3. The zero-order chi connectivity index (χ0) is 14.4. The second-order valence-corrected chi connectivity index (χ2v) is 4.99. The Morgan fingerprint density at radius 3 is 2.75 bits per heavy atom. The minimum absolute atomic E-state index is 0.0704. The first kappa shape index (κ1) is 14.9. The smallest absolute Gasteiger partial charge is 0.241 e. The van der Waals surface area contributed by atoms with Crippen molar-refractivity contribution < 1.29 is 9.18 Å². The number of hydrogen-bond donors (Lipinski definition) is 1. The first-order valence-electron chi connectivity index (χ1n) is 7.19. The quantitative estimate of drug-likeness (QED) is 0.906. The van der Waals surface area contributed by atoms with Crippen LogP contribution in [0.3, 0.4) is 0 Å². The number of nitrogens with zero attached hydrogens (tertiary/aromatic N) is 2. The highest BCUT2D eigenvalue weighted by molar-refractivity contribution is 5.94. The minimum Gasteiger partial charge on any atom is -0.315 e. The van der Waals surface area contributed by atoms with Crippen molar-refractivity contribution >= 4 is 11.6 Å². The number of carbonyl (C=O) groups is 1. The van der Waals surface area contributed by atoms with Gasteiger partial charge in [-0.25, -0.2) is 4.39 Å². The van der Waals surface area contributed by atoms with Gasteiger partial charge in [0.2, 0.25) is 5.91 Å². The molecule has 2 rings (SSSR count). The van der Waals surface area contributed by atoms with E-state index < -0.39 is 0 Å². The molecule has 1 N–H and O–H groups in total. The molecule has 0 unspecified atom stereocenters. The Kier molecular flexibility index (Phi) is 5.49. The van der Waals surface area contributed by atoms with E-state index in [4.69, 9.17) is 0 Å². The molecule has 1 heterocycles. The highest BCUT2D eigenvalue weighted by atomic mass is 19.1. The van der Waals surface area contributed by atoms with E-state index >= 15 is 0 Å². The normalized spacial score (nSPS) is 16.7. The third kappa shape index (κ3) is 4.02. The molecule has 1 aromatic rings. The van der Waals surface area contributed by atoms with E-state index in [0.717, 1.165) is 38.3 Å². The molecule has 0 saturated carbocycles. The summed E-state index contributed by atoms with van der Waals surface area (Å²) in [7, 11) is 0. The van der Waals surface area contributed by atoms with E-state index in [1.54, 1.807) is 17.0 Å². The van der Waals surface area contributed by atoms with Gasteiger partial charge in [-0.05, 0) is 50.7 Å². The third-order valence-electron chi connectivity index (χ3n) is 3.55. The summed E-state index contributed by atoms with van der Waals surface area (Å²) in [4.78, 5) is 16.3. The molecule has 5 heteroatoms. The monoisotopic (exact) mass is 279 g/mol. The molecule has 1 aliphatic rings. The van der Waals surface area contributed by atoms with Gasteiger partial charge in [-0.3, -0.25) is 9.69 Å². The lowest BCUT2D eigenvalue weighted by atomic mass is 10.2. The molecule has 110 valence electrons. The van der Waals surface area contributed by atoms with Gasteiger partial charge in [0.15, 0.2) is 0 Å². The van der Waals surface area contributed by atoms with Crippen LogP contribution in [-0.4, -0.2) is 50.1 Å². The number of carbonyl (C=O) groups excluding carboxylic acids is 1. The number of halogens is 1. The van der Waals surface area contributed by atoms with Crippen LogP contribution in [0.2, 0.25) is 0 Å². The van der Waals surface area contributed by atoms with E-state index in [2.05, 4.69) is 10.2 Å². The summed E-state index contributed by atoms with van der Waals surface area (Å²) in [5, 5.41) is 3.32. The van der Waals surface area contributed by atoms with E-state index in [-0.39, 0.29) is 11.7 Å². The summed E-state index contributed by atoms with van der Waals surface area (Å²) < 4.78 is 13.0. The van der Waals surface area contributed by atoms with Crippen LogP contribution < -0.4 is 10.2 Å². The second-order valence-electron chi connectivity index (χ2n) is 4.99. The summed E-state index contributed by atoms with van der Waals surface area (Å²) in [6.07, 6.45) is 1.07. The van der Waals surface area contributed by atoms with Crippen molar-refractivity contribution in [3.8, 4) is 0 Å². The summed E-state index contributed by atoms with van der Waals surface area (Å²) in [5.74, 6) is -0.211. The average molecular weight is 279 g/mol. The number of anilines is 1. The van der Waals surface area contributed by atoms with Crippen LogP contribution in [0.4, 0.5) is 10.1 Å². The van der Waals surface area contributed by atoms with Crippen molar-refractivity contribution in [2.75, 3.05) is 44.2 Å². The predicted octanol–water partition coefficient (Wildman–Crippen LogP) is 1.47. The van der Waals surface area contributed by atoms with Crippen LogP contribution in [0.25, 0.3) is 0 Å². The first-order valence-corrected chi connectivity index (χ1v) is 7.19. The maximum atomic E-state index is 13.0. The Bertz CT molecular complexity index is 427. The SMILES string of the molecule is CCN(C(=O)CN1CCCNCC1)c1ccc(F)cc1. The number of rotatable bonds is 4. The molecule has 0 aliphatic carbocycles. The summed E-state index contributed by atoms with van der Waals surface area (Å²) in [5.41, 5.74) is 0.756. The summed E-state index contributed by atoms with van der Waals surface area (Å²) in [6, 6.07) is 6.09. The molecule has 1 aromatic carbocycles. The Balaban J connectivity index is 1.99. The van der Waals surface area contributed by atoms with Gasteiger partial charge in [0.05, 0.1) is 6.54 Å². The molecule has 0 spiro atoms. The highest BCUT2D eigenvalue weighted by Crippen LogP contribution is 2.15. The van der Waals surface area contributed by atoms with E-state index in [9.17, 15) is 9.18 Å². The fraction of sp³-hybridized carbons (Fsp3) is 0.533. The largest absolute Gasteiger partial charge is 0.315 e. The molecular formula is C15H22FN3O. The van der Waals surface area contributed by atoms with E-state index in [1.165, 1.54) is 12.1 Å². The zero-order valence-corrected chi connectivity index (χ0v) is 11.9. The Labute approximate surface area is 119 Å². The average Bonchev–Trinajstić information content (AvgIpc) is 2.70. The Morgan fingerprint density at radius 2 is 2.05 bits per heavy atom. The molecule has 0 aromatic heterocycles. The van der Waals surface area contributed by atoms with Crippen LogP contribution >= 0.6 is 0 Å². The number of benzene rings is 1. The molecule has 4 nitrogen and oxygen atoms in total. The van der Waals surface area contributed by atoms with E-state index in [0.29, 0.717) is 13.1 Å². The zero-order valence-electron chi connectivity index (χ0n) is 11.9. The Morgan fingerprint density at radius 1 is 1.30 bits per heavy atom. The lowest BCUT2D eigenvalue weighted by Crippen LogP contribution is -2.41. The van der Waals surface area contributed by atoms with Crippen molar-refractivity contribution in [2.24, 2.45) is 0 Å². The molecule has 1 aliphatic heterocycles. The van der Waals surface area contributed by atoms with Crippen molar-refractivity contribution in [1.29, 1.82) is 0 Å². The van der Waals surface area contributed by atoms with Crippen molar-refractivity contribution in [3.05, 3.63) is 30.1 Å². The predicted molar refractivity (Wildman–Crippen MR) is 78.4 cm³/mol. The van der Waals surface area contributed by atoms with Crippen molar-refractivity contribution in [2.45, 2.75) is 13.3 Å². The standard InChI is InChI=1S/C15H22FN3O/c1-2-19(14-6-4-13(16)5-7-14)15(20)12-18-10-3-8-17-9-11-18/h4-7,17H,2-3,8-12H2,1H3. The fourth-order valence-electron chi connectivity index (χ4n) is 2.46. The molecule has 1 fully saturated rings. The lowest BCUT2D eigenvalue weighted by molar-refractivity contribution is -0.119. The van der Waals surface area contributed by atoms with Crippen LogP contribution in [0.1, 0.15) is 13.3 Å². The number of nitrogens with one attached hydrogen (secondary N) is 1. The van der Waals surface area contributed by atoms with Gasteiger partial charge >= 0.3 is 0 Å². The molecule has 0 bridgehead atoms. The summed E-state index contributed by atoms with van der Waals surface area (Å²) in [6.45, 7) is 6.73. The van der Waals surface area contributed by atoms with Gasteiger partial charge in [0.1, 0.15) is 5.82 Å². The maximum Gasteiger partial charge on any atom is 0.241 e. The lowest BCUT2D eigenvalue weighted by Gasteiger charge is -2.25. The molecule has 0 atom stereocenters. The van der Waals surface area contributed by atoms with Gasteiger partial charge in [-0.1, -0.05) is 0 Å². The van der Waals surface area contributed by atoms with Gasteiger partial charge in [-0.2, -0.15) is 0 Å². The van der Waals surface area contributed by atoms with E-state index in [1.807, 2.05) is 6.92 Å². The van der Waals surface area contributed by atoms with Crippen molar-refractivity contribution in [3.63, 3.8) is 0 Å². The molecule has 1 saturated heterocycles. The second kappa shape index (κ2) is 7.36. The van der Waals surface area contributed by atoms with Crippen LogP contribution in [0.15, 0.2) is 24.3 Å². The molecular weight excluding hydrogens is 257 g/mol. The number of amides is 1. The molecule has 0 radical (unpaired) electrons. The number of likely N-dealkylation sites (N-methyl/N-ethyl adjacent to an activating group) is 1. The minimum atomic E-state index is -0.282. The maximum absolute atomic E-state index is 13.0. The highest BCUT2D eigenvalue weighted by Gasteiger charge is 2.18. The van der Waals surface area contributed by atoms with Gasteiger partial charge < -0.3 is 10.2 Å². The van der Waals surface area contributed by atoms with Crippen molar-refractivity contribution in [1.82, 2.24) is 10.2 Å². The van der Waals surface area contributed by atoms with Crippen LogP contribution in [0.5, 0.6) is 0 Å². The molecule has 20 heavy (non-hydrogen) atoms. The Hall–Kier alpha value is -1.46. The van der Waals surface area contributed by atoms with Gasteiger partial charge in [0, 0.05) is 25.3 Å². The fourth-order valence-corrected chi connectivity index (χ4v) is 2.46. The van der Waals surface area contributed by atoms with Gasteiger partial charge in [0.25, 0.3) is 0 Å². The molecule has 1 amide bonds.